The second-order valence-corrected chi connectivity index (χ2v) is 5.67. The number of hydrogen-bond acceptors (Lipinski definition) is 5. The van der Waals surface area contributed by atoms with E-state index in [1.807, 2.05) is 0 Å². The molecule has 0 saturated carbocycles. The first kappa shape index (κ1) is 17.0. The number of aliphatic hydroxyl groups is 1. The van der Waals surface area contributed by atoms with Crippen LogP contribution >= 0.6 is 0 Å². The van der Waals surface area contributed by atoms with Gasteiger partial charge >= 0.3 is 0 Å². The Balaban J connectivity index is 3.17. The Hall–Kier alpha value is -2.08. The number of carbonyl (C=O) groups excluding carboxylic acids is 1. The molecular formula is C13H16N2O5S. The van der Waals surface area contributed by atoms with E-state index in [4.69, 9.17) is 15.6 Å². The van der Waals surface area contributed by atoms with Gasteiger partial charge in [0.2, 0.25) is 15.9 Å². The van der Waals surface area contributed by atoms with Gasteiger partial charge in [-0.1, -0.05) is 11.8 Å². The van der Waals surface area contributed by atoms with Crippen LogP contribution in [0.15, 0.2) is 23.1 Å². The molecule has 21 heavy (non-hydrogen) atoms. The van der Waals surface area contributed by atoms with Crippen molar-refractivity contribution < 1.29 is 23.1 Å². The summed E-state index contributed by atoms with van der Waals surface area (Å²) in [5, 5.41) is 8.66. The number of nitrogens with two attached hydrogens (primary N) is 1. The SMILES string of the molecule is COc1ccc(C#CCCO)cc1S(=O)(=O)NCC(N)=O. The van der Waals surface area contributed by atoms with E-state index >= 15 is 0 Å². The topological polar surface area (TPSA) is 119 Å². The molecule has 0 radical (unpaired) electrons. The molecule has 0 aliphatic rings. The van der Waals surface area contributed by atoms with Crippen LogP contribution < -0.4 is 15.2 Å². The Morgan fingerprint density at radius 3 is 2.76 bits per heavy atom. The molecule has 0 unspecified atom stereocenters. The quantitative estimate of drug-likeness (QED) is 0.594. The monoisotopic (exact) mass is 312 g/mol. The number of carbonyl (C=O) groups is 1. The lowest BCUT2D eigenvalue weighted by molar-refractivity contribution is -0.116. The molecule has 0 atom stereocenters. The minimum Gasteiger partial charge on any atom is -0.495 e. The summed E-state index contributed by atoms with van der Waals surface area (Å²) in [6, 6.07) is 4.38. The fraction of sp³-hybridized carbons (Fsp3) is 0.308. The van der Waals surface area contributed by atoms with Crippen molar-refractivity contribution in [1.82, 2.24) is 4.72 Å². The van der Waals surface area contributed by atoms with Gasteiger partial charge in [-0.3, -0.25) is 4.79 Å². The number of benzene rings is 1. The molecule has 0 aliphatic heterocycles. The van der Waals surface area contributed by atoms with Gasteiger partial charge in [-0.25, -0.2) is 13.1 Å². The van der Waals surface area contributed by atoms with Crippen molar-refractivity contribution in [3.63, 3.8) is 0 Å². The first-order valence-corrected chi connectivity index (χ1v) is 7.44. The molecule has 0 aliphatic carbocycles. The van der Waals surface area contributed by atoms with E-state index in [9.17, 15) is 13.2 Å². The van der Waals surface area contributed by atoms with Crippen LogP contribution in [-0.4, -0.2) is 39.7 Å². The van der Waals surface area contributed by atoms with Crippen molar-refractivity contribution in [2.45, 2.75) is 11.3 Å². The Kier molecular flexibility index (Phi) is 6.17. The van der Waals surface area contributed by atoms with E-state index in [2.05, 4.69) is 16.6 Å². The predicted molar refractivity (Wildman–Crippen MR) is 76.0 cm³/mol. The van der Waals surface area contributed by atoms with Crippen LogP contribution in [-0.2, 0) is 14.8 Å². The molecular weight excluding hydrogens is 296 g/mol. The maximum Gasteiger partial charge on any atom is 0.244 e. The summed E-state index contributed by atoms with van der Waals surface area (Å²) in [6.07, 6.45) is 0.286. The van der Waals surface area contributed by atoms with Crippen molar-refractivity contribution in [3.05, 3.63) is 23.8 Å². The zero-order chi connectivity index (χ0) is 15.9. The third-order valence-corrected chi connectivity index (χ3v) is 3.78. The fourth-order valence-electron chi connectivity index (χ4n) is 1.43. The third kappa shape index (κ3) is 5.07. The molecule has 1 amide bonds. The summed E-state index contributed by atoms with van der Waals surface area (Å²) >= 11 is 0. The lowest BCUT2D eigenvalue weighted by Crippen LogP contribution is -2.33. The van der Waals surface area contributed by atoms with Gasteiger partial charge in [0.05, 0.1) is 20.3 Å². The second-order valence-electron chi connectivity index (χ2n) is 3.93. The molecule has 0 spiro atoms. The van der Waals surface area contributed by atoms with E-state index in [-0.39, 0.29) is 23.7 Å². The summed E-state index contributed by atoms with van der Waals surface area (Å²) in [4.78, 5) is 10.6. The highest BCUT2D eigenvalue weighted by atomic mass is 32.2. The molecule has 7 nitrogen and oxygen atoms in total. The summed E-state index contributed by atoms with van der Waals surface area (Å²) in [7, 11) is -2.61. The number of aliphatic hydroxyl groups excluding tert-OH is 1. The number of rotatable bonds is 6. The molecule has 8 heteroatoms. The van der Waals surface area contributed by atoms with Crippen LogP contribution in [0.1, 0.15) is 12.0 Å². The minimum atomic E-state index is -3.94. The molecule has 1 rings (SSSR count). The zero-order valence-electron chi connectivity index (χ0n) is 11.4. The molecule has 4 N–H and O–H groups in total. The zero-order valence-corrected chi connectivity index (χ0v) is 12.2. The molecule has 0 bridgehead atoms. The number of sulfonamides is 1. The first-order chi connectivity index (χ1) is 9.90. The van der Waals surface area contributed by atoms with E-state index in [1.165, 1.54) is 19.2 Å². The van der Waals surface area contributed by atoms with Crippen LogP contribution in [0, 0.1) is 11.8 Å². The van der Waals surface area contributed by atoms with Gasteiger partial charge < -0.3 is 15.6 Å². The van der Waals surface area contributed by atoms with Crippen LogP contribution in [0.25, 0.3) is 0 Å². The van der Waals surface area contributed by atoms with E-state index in [0.29, 0.717) is 5.56 Å². The van der Waals surface area contributed by atoms with Gasteiger partial charge in [-0.2, -0.15) is 0 Å². The van der Waals surface area contributed by atoms with Crippen molar-refractivity contribution in [3.8, 4) is 17.6 Å². The Morgan fingerprint density at radius 2 is 2.19 bits per heavy atom. The van der Waals surface area contributed by atoms with Gasteiger partial charge in [-0.05, 0) is 18.2 Å². The largest absolute Gasteiger partial charge is 0.495 e. The Morgan fingerprint density at radius 1 is 1.48 bits per heavy atom. The highest BCUT2D eigenvalue weighted by molar-refractivity contribution is 7.89. The lowest BCUT2D eigenvalue weighted by Gasteiger charge is -2.10. The van der Waals surface area contributed by atoms with Crippen molar-refractivity contribution in [1.29, 1.82) is 0 Å². The molecule has 0 saturated heterocycles. The summed E-state index contributed by atoms with van der Waals surface area (Å²) in [6.45, 7) is -0.583. The van der Waals surface area contributed by atoms with Gasteiger partial charge in [0.15, 0.2) is 0 Å². The van der Waals surface area contributed by atoms with Crippen molar-refractivity contribution in [2.24, 2.45) is 5.73 Å². The maximum atomic E-state index is 12.1. The van der Waals surface area contributed by atoms with Crippen LogP contribution in [0.3, 0.4) is 0 Å². The normalized spacial score (nSPS) is 10.6. The van der Waals surface area contributed by atoms with Gasteiger partial charge in [-0.15, -0.1) is 0 Å². The summed E-state index contributed by atoms with van der Waals surface area (Å²) in [5.74, 6) is 4.74. The molecule has 0 aromatic heterocycles. The highest BCUT2D eigenvalue weighted by Crippen LogP contribution is 2.24. The van der Waals surface area contributed by atoms with Crippen LogP contribution in [0.4, 0.5) is 0 Å². The number of ether oxygens (including phenoxy) is 1. The van der Waals surface area contributed by atoms with E-state index < -0.39 is 22.5 Å². The number of amides is 1. The van der Waals surface area contributed by atoms with Crippen molar-refractivity contribution >= 4 is 15.9 Å². The minimum absolute atomic E-state index is 0.0749. The average Bonchev–Trinajstić information content (AvgIpc) is 2.45. The molecule has 0 fully saturated rings. The standard InChI is InChI=1S/C13H16N2O5S/c1-20-11-6-5-10(4-2-3-7-16)8-12(11)21(18,19)15-9-13(14)17/h5-6,8,15-16H,3,7,9H2,1H3,(H2,14,17). The summed E-state index contributed by atoms with van der Waals surface area (Å²) in [5.41, 5.74) is 5.36. The van der Waals surface area contributed by atoms with Gasteiger partial charge in [0, 0.05) is 12.0 Å². The fourth-order valence-corrected chi connectivity index (χ4v) is 2.61. The number of nitrogens with one attached hydrogen (secondary N) is 1. The first-order valence-electron chi connectivity index (χ1n) is 5.96. The Bertz CT molecular complexity index is 674. The van der Waals surface area contributed by atoms with Gasteiger partial charge in [0.1, 0.15) is 10.6 Å². The molecule has 0 heterocycles. The Labute approximate surface area is 123 Å². The van der Waals surface area contributed by atoms with Gasteiger partial charge in [0.25, 0.3) is 0 Å². The second kappa shape index (κ2) is 7.64. The molecule has 114 valence electrons. The van der Waals surface area contributed by atoms with Crippen LogP contribution in [0.2, 0.25) is 0 Å². The van der Waals surface area contributed by atoms with E-state index in [1.54, 1.807) is 6.07 Å². The highest BCUT2D eigenvalue weighted by Gasteiger charge is 2.20. The number of hydrogen-bond donors (Lipinski definition) is 3. The van der Waals surface area contributed by atoms with E-state index in [0.717, 1.165) is 0 Å². The van der Waals surface area contributed by atoms with Crippen LogP contribution in [0.5, 0.6) is 5.75 Å². The molecule has 1 aromatic rings. The maximum absolute atomic E-state index is 12.1. The third-order valence-electron chi connectivity index (χ3n) is 2.36. The molecule has 1 aromatic carbocycles. The lowest BCUT2D eigenvalue weighted by atomic mass is 10.2. The number of methoxy groups -OCH3 is 1. The summed E-state index contributed by atoms with van der Waals surface area (Å²) < 4.78 is 31.3. The number of primary amides is 1. The van der Waals surface area contributed by atoms with Crippen molar-refractivity contribution in [2.75, 3.05) is 20.3 Å². The predicted octanol–water partition coefficient (Wildman–Crippen LogP) is -0.807. The average molecular weight is 312 g/mol. The smallest absolute Gasteiger partial charge is 0.244 e.